The van der Waals surface area contributed by atoms with E-state index >= 15 is 0 Å². The predicted octanol–water partition coefficient (Wildman–Crippen LogP) is 1.37. The summed E-state index contributed by atoms with van der Waals surface area (Å²) in [6, 6.07) is 13.1. The average Bonchev–Trinajstić information content (AvgIpc) is 3.02. The van der Waals surface area contributed by atoms with Gasteiger partial charge < -0.3 is 15.0 Å². The molecule has 150 valence electrons. The lowest BCUT2D eigenvalue weighted by molar-refractivity contribution is -0.137. The molecule has 0 bridgehead atoms. The fraction of sp³-hybridized carbons (Fsp3) is 0.400. The fourth-order valence-electron chi connectivity index (χ4n) is 3.23. The number of hydrogen-bond acceptors (Lipinski definition) is 5. The van der Waals surface area contributed by atoms with Crippen LogP contribution in [0.2, 0.25) is 0 Å². The molecule has 8 heteroatoms. The third kappa shape index (κ3) is 5.22. The Morgan fingerprint density at radius 1 is 1.18 bits per heavy atom. The van der Waals surface area contributed by atoms with Gasteiger partial charge in [-0.15, -0.1) is 0 Å². The number of hydrogen-bond donors (Lipinski definition) is 1. The van der Waals surface area contributed by atoms with Crippen molar-refractivity contribution in [2.75, 3.05) is 31.2 Å². The maximum atomic E-state index is 12.4. The Morgan fingerprint density at radius 3 is 2.61 bits per heavy atom. The maximum Gasteiger partial charge on any atom is 0.260 e. The molecule has 0 aliphatic carbocycles. The number of fused-ring (bicyclic) bond motifs is 1. The molecule has 0 saturated carbocycles. The van der Waals surface area contributed by atoms with E-state index in [9.17, 15) is 18.0 Å². The first-order valence-corrected chi connectivity index (χ1v) is 11.1. The summed E-state index contributed by atoms with van der Waals surface area (Å²) in [5, 5.41) is 4.80. The first-order chi connectivity index (χ1) is 13.4. The van der Waals surface area contributed by atoms with Gasteiger partial charge in [-0.3, -0.25) is 9.59 Å². The zero-order chi connectivity index (χ0) is 20.1. The summed E-state index contributed by atoms with van der Waals surface area (Å²) >= 11 is 0. The Balaban J connectivity index is 1.51. The molecule has 2 aromatic carbocycles. The van der Waals surface area contributed by atoms with Gasteiger partial charge in [-0.1, -0.05) is 30.3 Å². The number of likely N-dealkylation sites (N-methyl/N-ethyl adjacent to an activating group) is 1. The zero-order valence-electron chi connectivity index (χ0n) is 15.8. The molecule has 1 fully saturated rings. The van der Waals surface area contributed by atoms with E-state index in [4.69, 9.17) is 4.74 Å². The summed E-state index contributed by atoms with van der Waals surface area (Å²) in [5.41, 5.74) is 0. The normalized spacial score (nSPS) is 18.0. The number of amides is 2. The molecule has 7 nitrogen and oxygen atoms in total. The molecule has 1 atom stereocenters. The number of rotatable bonds is 7. The summed E-state index contributed by atoms with van der Waals surface area (Å²) in [6.45, 7) is 1.85. The van der Waals surface area contributed by atoms with E-state index in [1.54, 1.807) is 13.0 Å². The van der Waals surface area contributed by atoms with Crippen LogP contribution in [0.1, 0.15) is 13.3 Å². The summed E-state index contributed by atoms with van der Waals surface area (Å²) in [6.07, 6.45) is 0.416. The van der Waals surface area contributed by atoms with E-state index in [2.05, 4.69) is 5.32 Å². The largest absolute Gasteiger partial charge is 0.484 e. The molecule has 2 aromatic rings. The van der Waals surface area contributed by atoms with Gasteiger partial charge in [0.2, 0.25) is 5.91 Å². The van der Waals surface area contributed by atoms with Crippen molar-refractivity contribution in [2.24, 2.45) is 0 Å². The molecule has 28 heavy (non-hydrogen) atoms. The SMILES string of the molecule is CCN(CC(=O)N[C@H]1CCS(=O)(=O)C1)C(=O)COc1ccc2ccccc2c1. The Labute approximate surface area is 164 Å². The van der Waals surface area contributed by atoms with E-state index in [-0.39, 0.29) is 42.5 Å². The third-order valence-corrected chi connectivity index (χ3v) is 6.52. The van der Waals surface area contributed by atoms with Crippen LogP contribution in [0.25, 0.3) is 10.8 Å². The van der Waals surface area contributed by atoms with Crippen molar-refractivity contribution in [3.63, 3.8) is 0 Å². The summed E-state index contributed by atoms with van der Waals surface area (Å²) in [5.74, 6) is -0.0192. The molecular weight excluding hydrogens is 380 g/mol. The van der Waals surface area contributed by atoms with Crippen LogP contribution in [0, 0.1) is 0 Å². The highest BCUT2D eigenvalue weighted by atomic mass is 32.2. The van der Waals surface area contributed by atoms with Gasteiger partial charge in [0, 0.05) is 12.6 Å². The second-order valence-electron chi connectivity index (χ2n) is 6.87. The van der Waals surface area contributed by atoms with E-state index in [1.807, 2.05) is 36.4 Å². The second kappa shape index (κ2) is 8.60. The highest BCUT2D eigenvalue weighted by molar-refractivity contribution is 7.91. The van der Waals surface area contributed by atoms with Gasteiger partial charge in [0.15, 0.2) is 16.4 Å². The molecule has 1 saturated heterocycles. The van der Waals surface area contributed by atoms with Gasteiger partial charge >= 0.3 is 0 Å². The first kappa shape index (κ1) is 20.1. The predicted molar refractivity (Wildman–Crippen MR) is 107 cm³/mol. The lowest BCUT2D eigenvalue weighted by atomic mass is 10.1. The minimum Gasteiger partial charge on any atom is -0.484 e. The molecule has 3 rings (SSSR count). The van der Waals surface area contributed by atoms with Crippen LogP contribution in [-0.4, -0.2) is 62.4 Å². The maximum absolute atomic E-state index is 12.4. The Hall–Kier alpha value is -2.61. The number of carbonyl (C=O) groups is 2. The molecule has 0 radical (unpaired) electrons. The number of carbonyl (C=O) groups excluding carboxylic acids is 2. The van der Waals surface area contributed by atoms with Crippen molar-refractivity contribution < 1.29 is 22.7 Å². The van der Waals surface area contributed by atoms with Gasteiger partial charge in [0.25, 0.3) is 5.91 Å². The molecule has 1 aliphatic heterocycles. The van der Waals surface area contributed by atoms with Crippen molar-refractivity contribution >= 4 is 32.4 Å². The third-order valence-electron chi connectivity index (χ3n) is 4.75. The summed E-state index contributed by atoms with van der Waals surface area (Å²) < 4.78 is 28.6. The lowest BCUT2D eigenvalue weighted by Gasteiger charge is -2.21. The van der Waals surface area contributed by atoms with Crippen molar-refractivity contribution in [1.82, 2.24) is 10.2 Å². The van der Waals surface area contributed by atoms with Crippen LogP contribution in [0.5, 0.6) is 5.75 Å². The van der Waals surface area contributed by atoms with Gasteiger partial charge in [0.1, 0.15) is 5.75 Å². The Kier molecular flexibility index (Phi) is 6.18. The van der Waals surface area contributed by atoms with Crippen LogP contribution in [-0.2, 0) is 19.4 Å². The second-order valence-corrected chi connectivity index (χ2v) is 9.10. The van der Waals surface area contributed by atoms with Crippen molar-refractivity contribution in [1.29, 1.82) is 0 Å². The number of sulfone groups is 1. The van der Waals surface area contributed by atoms with Crippen LogP contribution >= 0.6 is 0 Å². The molecule has 0 aromatic heterocycles. The quantitative estimate of drug-likeness (QED) is 0.752. The van der Waals surface area contributed by atoms with Crippen molar-refractivity contribution in [3.8, 4) is 5.75 Å². The molecule has 1 N–H and O–H groups in total. The number of nitrogens with zero attached hydrogens (tertiary/aromatic N) is 1. The van der Waals surface area contributed by atoms with E-state index in [0.717, 1.165) is 10.8 Å². The molecule has 0 unspecified atom stereocenters. The highest BCUT2D eigenvalue weighted by Gasteiger charge is 2.29. The standard InChI is InChI=1S/C20H24N2O5S/c1-2-22(12-19(23)21-17-9-10-28(25,26)14-17)20(24)13-27-18-8-7-15-5-3-4-6-16(15)11-18/h3-8,11,17H,2,9-10,12-14H2,1H3,(H,21,23)/t17-/m0/s1. The summed E-state index contributed by atoms with van der Waals surface area (Å²) in [4.78, 5) is 26.0. The lowest BCUT2D eigenvalue weighted by Crippen LogP contribution is -2.45. The van der Waals surface area contributed by atoms with Gasteiger partial charge in [0.05, 0.1) is 18.1 Å². The van der Waals surface area contributed by atoms with Crippen LogP contribution in [0.15, 0.2) is 42.5 Å². The van der Waals surface area contributed by atoms with Crippen LogP contribution < -0.4 is 10.1 Å². The molecule has 1 aliphatic rings. The molecule has 2 amide bonds. The van der Waals surface area contributed by atoms with E-state index < -0.39 is 9.84 Å². The topological polar surface area (TPSA) is 92.8 Å². The van der Waals surface area contributed by atoms with E-state index in [1.165, 1.54) is 4.90 Å². The summed E-state index contributed by atoms with van der Waals surface area (Å²) in [7, 11) is -3.06. The highest BCUT2D eigenvalue weighted by Crippen LogP contribution is 2.20. The Morgan fingerprint density at radius 2 is 1.93 bits per heavy atom. The van der Waals surface area contributed by atoms with E-state index in [0.29, 0.717) is 18.7 Å². The molecule has 1 heterocycles. The minimum atomic E-state index is -3.06. The monoisotopic (exact) mass is 404 g/mol. The number of benzene rings is 2. The smallest absolute Gasteiger partial charge is 0.260 e. The number of nitrogens with one attached hydrogen (secondary N) is 1. The molecular formula is C20H24N2O5S. The number of ether oxygens (including phenoxy) is 1. The van der Waals surface area contributed by atoms with Crippen LogP contribution in [0.3, 0.4) is 0 Å². The first-order valence-electron chi connectivity index (χ1n) is 9.25. The van der Waals surface area contributed by atoms with Crippen molar-refractivity contribution in [2.45, 2.75) is 19.4 Å². The van der Waals surface area contributed by atoms with Crippen LogP contribution in [0.4, 0.5) is 0 Å². The van der Waals surface area contributed by atoms with Gasteiger partial charge in [-0.2, -0.15) is 0 Å². The molecule has 0 spiro atoms. The average molecular weight is 404 g/mol. The van der Waals surface area contributed by atoms with Gasteiger partial charge in [-0.25, -0.2) is 8.42 Å². The Bertz CT molecular complexity index is 973. The van der Waals surface area contributed by atoms with Crippen molar-refractivity contribution in [3.05, 3.63) is 42.5 Å². The minimum absolute atomic E-state index is 0.0378. The fourth-order valence-corrected chi connectivity index (χ4v) is 4.90. The zero-order valence-corrected chi connectivity index (χ0v) is 16.6. The van der Waals surface area contributed by atoms with Gasteiger partial charge in [-0.05, 0) is 36.2 Å².